The van der Waals surface area contributed by atoms with Crippen LogP contribution in [-0.4, -0.2) is 44.6 Å². The molecule has 3 rings (SSSR count). The molecule has 2 heterocycles. The minimum Gasteiger partial charge on any atom is -0.467 e. The summed E-state index contributed by atoms with van der Waals surface area (Å²) in [6.07, 6.45) is 1.35. The van der Waals surface area contributed by atoms with Gasteiger partial charge < -0.3 is 14.8 Å². The molecule has 1 N–H and O–H groups in total. The first kappa shape index (κ1) is 17.3. The minimum absolute atomic E-state index is 0.0316. The van der Waals surface area contributed by atoms with Gasteiger partial charge in [-0.2, -0.15) is 9.97 Å². The van der Waals surface area contributed by atoms with Crippen LogP contribution in [0.4, 0.5) is 0 Å². The summed E-state index contributed by atoms with van der Waals surface area (Å²) in [4.78, 5) is 40.6. The van der Waals surface area contributed by atoms with Gasteiger partial charge in [-0.15, -0.1) is 4.98 Å². The van der Waals surface area contributed by atoms with Gasteiger partial charge in [-0.25, -0.2) is 4.98 Å². The molecular weight excluding hydrogens is 340 g/mol. The van der Waals surface area contributed by atoms with Gasteiger partial charge in [-0.05, 0) is 12.1 Å². The van der Waals surface area contributed by atoms with Gasteiger partial charge in [0.05, 0.1) is 38.0 Å². The fourth-order valence-corrected chi connectivity index (χ4v) is 2.25. The monoisotopic (exact) mass is 356 g/mol. The van der Waals surface area contributed by atoms with Crippen LogP contribution in [0.2, 0.25) is 0 Å². The normalized spacial score (nSPS) is 10.5. The van der Waals surface area contributed by atoms with Crippen molar-refractivity contribution in [3.05, 3.63) is 46.8 Å². The zero-order chi connectivity index (χ0) is 18.5. The average Bonchev–Trinajstić information content (AvgIpc) is 2.68. The van der Waals surface area contributed by atoms with Gasteiger partial charge in [0.15, 0.2) is 5.82 Å². The fraction of sp³-hybridized carbons (Fsp3) is 0.250. The third-order valence-electron chi connectivity index (χ3n) is 3.49. The Balaban J connectivity index is 1.70. The molecule has 3 aromatic rings. The van der Waals surface area contributed by atoms with E-state index in [1.807, 2.05) is 0 Å². The van der Waals surface area contributed by atoms with Crippen LogP contribution in [-0.2, 0) is 17.9 Å². The van der Waals surface area contributed by atoms with E-state index in [4.69, 9.17) is 9.47 Å². The molecule has 0 spiro atoms. The topological polar surface area (TPSA) is 121 Å². The number of rotatable bonds is 6. The van der Waals surface area contributed by atoms with E-state index in [2.05, 4.69) is 25.3 Å². The molecule has 134 valence electrons. The number of para-hydroxylation sites is 1. The largest absolute Gasteiger partial charge is 0.467 e. The van der Waals surface area contributed by atoms with E-state index in [-0.39, 0.29) is 42.4 Å². The number of carbonyl (C=O) groups excluding carboxylic acids is 1. The van der Waals surface area contributed by atoms with Crippen LogP contribution in [0.5, 0.6) is 12.0 Å². The van der Waals surface area contributed by atoms with Crippen LogP contribution in [0.15, 0.2) is 35.4 Å². The first-order valence-corrected chi connectivity index (χ1v) is 7.64. The van der Waals surface area contributed by atoms with Crippen molar-refractivity contribution in [1.82, 2.24) is 29.8 Å². The molecule has 10 nitrogen and oxygen atoms in total. The number of carbonyl (C=O) groups is 1. The maximum absolute atomic E-state index is 12.4. The van der Waals surface area contributed by atoms with E-state index in [0.717, 1.165) is 0 Å². The molecule has 0 radical (unpaired) electrons. The van der Waals surface area contributed by atoms with Crippen molar-refractivity contribution in [3.8, 4) is 12.0 Å². The summed E-state index contributed by atoms with van der Waals surface area (Å²) in [6, 6.07) is 7.11. The Morgan fingerprint density at radius 2 is 1.81 bits per heavy atom. The van der Waals surface area contributed by atoms with Gasteiger partial charge >= 0.3 is 12.0 Å². The average molecular weight is 356 g/mol. The molecule has 0 fully saturated rings. The second kappa shape index (κ2) is 7.55. The van der Waals surface area contributed by atoms with Crippen LogP contribution in [0, 0.1) is 0 Å². The Kier molecular flexibility index (Phi) is 5.02. The van der Waals surface area contributed by atoms with Crippen LogP contribution < -0.4 is 20.3 Å². The summed E-state index contributed by atoms with van der Waals surface area (Å²) in [7, 11) is 2.83. The van der Waals surface area contributed by atoms with Crippen molar-refractivity contribution in [2.24, 2.45) is 0 Å². The predicted molar refractivity (Wildman–Crippen MR) is 90.8 cm³/mol. The van der Waals surface area contributed by atoms with Gasteiger partial charge in [0.1, 0.15) is 6.54 Å². The predicted octanol–water partition coefficient (Wildman–Crippen LogP) is -0.0849. The lowest BCUT2D eigenvalue weighted by Crippen LogP contribution is -2.32. The highest BCUT2D eigenvalue weighted by Crippen LogP contribution is 2.08. The van der Waals surface area contributed by atoms with Crippen molar-refractivity contribution in [1.29, 1.82) is 0 Å². The van der Waals surface area contributed by atoms with Gasteiger partial charge in [0.2, 0.25) is 5.91 Å². The van der Waals surface area contributed by atoms with Gasteiger partial charge in [-0.3, -0.25) is 14.2 Å². The quantitative estimate of drug-likeness (QED) is 0.651. The Labute approximate surface area is 147 Å². The molecule has 0 atom stereocenters. The highest BCUT2D eigenvalue weighted by atomic mass is 16.5. The second-order valence-corrected chi connectivity index (χ2v) is 5.20. The van der Waals surface area contributed by atoms with Crippen LogP contribution in [0.25, 0.3) is 10.9 Å². The molecule has 0 aliphatic heterocycles. The number of methoxy groups -OCH3 is 2. The van der Waals surface area contributed by atoms with E-state index < -0.39 is 0 Å². The van der Waals surface area contributed by atoms with Crippen LogP contribution in [0.3, 0.4) is 0 Å². The zero-order valence-corrected chi connectivity index (χ0v) is 14.2. The van der Waals surface area contributed by atoms with Crippen molar-refractivity contribution in [2.45, 2.75) is 13.1 Å². The molecule has 0 saturated heterocycles. The molecule has 10 heteroatoms. The number of hydrogen-bond acceptors (Lipinski definition) is 8. The zero-order valence-electron chi connectivity index (χ0n) is 14.2. The molecule has 26 heavy (non-hydrogen) atoms. The van der Waals surface area contributed by atoms with Gasteiger partial charge in [-0.1, -0.05) is 12.1 Å². The van der Waals surface area contributed by atoms with E-state index in [1.54, 1.807) is 24.3 Å². The summed E-state index contributed by atoms with van der Waals surface area (Å²) in [5, 5.41) is 3.09. The molecule has 0 aliphatic carbocycles. The summed E-state index contributed by atoms with van der Waals surface area (Å²) in [5.41, 5.74) is 0.299. The molecule has 2 aromatic heterocycles. The number of hydrogen-bond donors (Lipinski definition) is 1. The molecule has 0 bridgehead atoms. The van der Waals surface area contributed by atoms with Crippen molar-refractivity contribution in [3.63, 3.8) is 0 Å². The van der Waals surface area contributed by atoms with Gasteiger partial charge in [0, 0.05) is 0 Å². The van der Waals surface area contributed by atoms with E-state index in [9.17, 15) is 9.59 Å². The summed E-state index contributed by atoms with van der Waals surface area (Å²) < 4.78 is 11.1. The highest BCUT2D eigenvalue weighted by molar-refractivity contribution is 5.78. The summed E-state index contributed by atoms with van der Waals surface area (Å²) >= 11 is 0. The van der Waals surface area contributed by atoms with Gasteiger partial charge in [0.25, 0.3) is 5.56 Å². The number of aromatic nitrogens is 5. The molecule has 1 amide bonds. The lowest BCUT2D eigenvalue weighted by Gasteiger charge is -2.08. The standard InChI is InChI=1S/C16H16N6O4/c1-25-15-19-12(20-16(21-15)26-2)7-17-13(23)8-22-9-18-11-6-4-3-5-10(11)14(22)24/h3-6,9H,7-8H2,1-2H3,(H,17,23). The Morgan fingerprint density at radius 3 is 2.50 bits per heavy atom. The van der Waals surface area contributed by atoms with E-state index in [0.29, 0.717) is 10.9 Å². The van der Waals surface area contributed by atoms with Crippen LogP contribution >= 0.6 is 0 Å². The van der Waals surface area contributed by atoms with E-state index in [1.165, 1.54) is 25.1 Å². The number of nitrogens with one attached hydrogen (secondary N) is 1. The lowest BCUT2D eigenvalue weighted by molar-refractivity contribution is -0.121. The maximum atomic E-state index is 12.4. The number of amides is 1. The smallest absolute Gasteiger partial charge is 0.322 e. The minimum atomic E-state index is -0.387. The summed E-state index contributed by atoms with van der Waals surface area (Å²) in [6.45, 7) is -0.139. The Bertz CT molecular complexity index is 981. The molecule has 1 aromatic carbocycles. The van der Waals surface area contributed by atoms with Crippen molar-refractivity contribution < 1.29 is 14.3 Å². The summed E-state index contributed by atoms with van der Waals surface area (Å²) in [5.74, 6) is -0.117. The molecule has 0 aliphatic rings. The van der Waals surface area contributed by atoms with Crippen molar-refractivity contribution in [2.75, 3.05) is 14.2 Å². The fourth-order valence-electron chi connectivity index (χ4n) is 2.25. The Morgan fingerprint density at radius 1 is 1.12 bits per heavy atom. The first-order valence-electron chi connectivity index (χ1n) is 7.64. The Hall–Kier alpha value is -3.56. The molecule has 0 unspecified atom stereocenters. The number of nitrogens with zero attached hydrogens (tertiary/aromatic N) is 5. The van der Waals surface area contributed by atoms with Crippen molar-refractivity contribution >= 4 is 16.8 Å². The lowest BCUT2D eigenvalue weighted by atomic mass is 10.2. The first-order chi connectivity index (χ1) is 12.6. The third kappa shape index (κ3) is 3.74. The third-order valence-corrected chi connectivity index (χ3v) is 3.49. The number of ether oxygens (including phenoxy) is 2. The number of benzene rings is 1. The SMILES string of the molecule is COc1nc(CNC(=O)Cn2cnc3ccccc3c2=O)nc(OC)n1. The van der Waals surface area contributed by atoms with Crippen LogP contribution in [0.1, 0.15) is 5.82 Å². The van der Waals surface area contributed by atoms with E-state index >= 15 is 0 Å². The molecule has 0 saturated carbocycles. The number of fused-ring (bicyclic) bond motifs is 1. The highest BCUT2D eigenvalue weighted by Gasteiger charge is 2.11. The second-order valence-electron chi connectivity index (χ2n) is 5.20. The molecular formula is C16H16N6O4. The maximum Gasteiger partial charge on any atom is 0.322 e.